The predicted octanol–water partition coefficient (Wildman–Crippen LogP) is 1.88. The number of likely N-dealkylation sites (N-methyl/N-ethyl adjacent to an activating group) is 1. The van der Waals surface area contributed by atoms with Gasteiger partial charge in [-0.3, -0.25) is 4.79 Å². The van der Waals surface area contributed by atoms with Crippen molar-refractivity contribution in [3.8, 4) is 0 Å². The zero-order chi connectivity index (χ0) is 14.4. The Labute approximate surface area is 120 Å². The van der Waals surface area contributed by atoms with E-state index in [-0.39, 0.29) is 18.1 Å². The second-order valence-corrected chi connectivity index (χ2v) is 5.25. The molecule has 4 heteroatoms. The second-order valence-electron chi connectivity index (χ2n) is 5.25. The molecule has 0 radical (unpaired) electrons. The zero-order valence-corrected chi connectivity index (χ0v) is 12.2. The average Bonchev–Trinajstić information content (AvgIpc) is 3.00. The van der Waals surface area contributed by atoms with E-state index in [1.165, 1.54) is 5.56 Å². The van der Waals surface area contributed by atoms with E-state index < -0.39 is 0 Å². The lowest BCUT2D eigenvalue weighted by Gasteiger charge is -2.29. The zero-order valence-electron chi connectivity index (χ0n) is 12.2. The summed E-state index contributed by atoms with van der Waals surface area (Å²) in [5, 5.41) is 0. The second kappa shape index (κ2) is 7.41. The van der Waals surface area contributed by atoms with E-state index in [1.807, 2.05) is 25.2 Å². The fraction of sp³-hybridized carbons (Fsp3) is 0.562. The third kappa shape index (κ3) is 3.81. The number of amides is 1. The molecule has 20 heavy (non-hydrogen) atoms. The number of carbonyl (C=O) groups is 1. The van der Waals surface area contributed by atoms with Crippen molar-refractivity contribution in [2.45, 2.75) is 31.4 Å². The van der Waals surface area contributed by atoms with E-state index in [2.05, 4.69) is 12.1 Å². The Hall–Kier alpha value is -1.39. The van der Waals surface area contributed by atoms with E-state index in [4.69, 9.17) is 9.47 Å². The summed E-state index contributed by atoms with van der Waals surface area (Å²) < 4.78 is 10.8. The molecular formula is C16H23NO3. The first kappa shape index (κ1) is 15.0. The summed E-state index contributed by atoms with van der Waals surface area (Å²) in [5.74, 6) is 0.0699. The van der Waals surface area contributed by atoms with E-state index in [1.54, 1.807) is 12.0 Å². The van der Waals surface area contributed by atoms with Gasteiger partial charge in [0.15, 0.2) is 0 Å². The number of hydrogen-bond donors (Lipinski definition) is 0. The van der Waals surface area contributed by atoms with Crippen LogP contribution in [-0.4, -0.2) is 50.3 Å². The van der Waals surface area contributed by atoms with Gasteiger partial charge in [0.25, 0.3) is 5.91 Å². The van der Waals surface area contributed by atoms with Crippen LogP contribution >= 0.6 is 0 Å². The van der Waals surface area contributed by atoms with Gasteiger partial charge in [-0.1, -0.05) is 30.3 Å². The Morgan fingerprint density at radius 3 is 2.80 bits per heavy atom. The Bertz CT molecular complexity index is 415. The predicted molar refractivity (Wildman–Crippen MR) is 77.6 cm³/mol. The molecule has 2 rings (SSSR count). The van der Waals surface area contributed by atoms with Crippen LogP contribution in [0.3, 0.4) is 0 Å². The minimum absolute atomic E-state index is 0.0408. The van der Waals surface area contributed by atoms with E-state index in [0.29, 0.717) is 13.2 Å². The number of benzene rings is 1. The minimum atomic E-state index is -0.268. The first-order chi connectivity index (χ1) is 9.72. The largest absolute Gasteiger partial charge is 0.383 e. The van der Waals surface area contributed by atoms with Gasteiger partial charge < -0.3 is 14.4 Å². The topological polar surface area (TPSA) is 38.8 Å². The molecule has 0 aliphatic carbocycles. The maximum atomic E-state index is 12.4. The van der Waals surface area contributed by atoms with Crippen LogP contribution in [0.1, 0.15) is 18.4 Å². The number of carbonyl (C=O) groups excluding carboxylic acids is 1. The van der Waals surface area contributed by atoms with Gasteiger partial charge in [0.2, 0.25) is 0 Å². The third-order valence-corrected chi connectivity index (χ3v) is 3.77. The summed E-state index contributed by atoms with van der Waals surface area (Å²) in [7, 11) is 3.51. The minimum Gasteiger partial charge on any atom is -0.383 e. The van der Waals surface area contributed by atoms with Crippen molar-refractivity contribution in [2.24, 2.45) is 0 Å². The Morgan fingerprint density at radius 2 is 2.20 bits per heavy atom. The van der Waals surface area contributed by atoms with E-state index >= 15 is 0 Å². The number of ether oxygens (including phenoxy) is 2. The van der Waals surface area contributed by atoms with Crippen LogP contribution in [0.4, 0.5) is 0 Å². The molecular weight excluding hydrogens is 254 g/mol. The lowest BCUT2D eigenvalue weighted by Crippen LogP contribution is -2.45. The highest BCUT2D eigenvalue weighted by Gasteiger charge is 2.30. The van der Waals surface area contributed by atoms with Crippen molar-refractivity contribution in [3.63, 3.8) is 0 Å². The lowest BCUT2D eigenvalue weighted by molar-refractivity contribution is -0.142. The van der Waals surface area contributed by atoms with Crippen molar-refractivity contribution >= 4 is 5.91 Å². The smallest absolute Gasteiger partial charge is 0.251 e. The molecule has 1 heterocycles. The Balaban J connectivity index is 2.01. The van der Waals surface area contributed by atoms with Gasteiger partial charge in [-0.15, -0.1) is 0 Å². The van der Waals surface area contributed by atoms with E-state index in [0.717, 1.165) is 19.3 Å². The van der Waals surface area contributed by atoms with Crippen molar-refractivity contribution in [1.29, 1.82) is 0 Å². The number of nitrogens with zero attached hydrogens (tertiary/aromatic N) is 1. The summed E-state index contributed by atoms with van der Waals surface area (Å²) in [6.45, 7) is 1.22. The highest BCUT2D eigenvalue weighted by Crippen LogP contribution is 2.17. The van der Waals surface area contributed by atoms with Crippen LogP contribution in [0.25, 0.3) is 0 Å². The molecule has 0 aromatic heterocycles. The van der Waals surface area contributed by atoms with Gasteiger partial charge in [-0.25, -0.2) is 0 Å². The molecule has 1 aliphatic rings. The molecule has 110 valence electrons. The highest BCUT2D eigenvalue weighted by atomic mass is 16.5. The normalized spacial score (nSPS) is 19.8. The van der Waals surface area contributed by atoms with Crippen LogP contribution in [0.5, 0.6) is 0 Å². The number of hydrogen-bond acceptors (Lipinski definition) is 3. The standard InChI is InChI=1S/C16H23NO3/c1-17(16(18)15-9-6-10-20-15)14(12-19-2)11-13-7-4-3-5-8-13/h3-5,7-8,14-15H,6,9-12H2,1-2H3/t14-,15+/m1/s1. The molecule has 0 unspecified atom stereocenters. The molecule has 0 N–H and O–H groups in total. The summed E-state index contributed by atoms with van der Waals surface area (Å²) in [6.07, 6.45) is 2.32. The van der Waals surface area contributed by atoms with Gasteiger partial charge in [-0.2, -0.15) is 0 Å². The molecule has 2 atom stereocenters. The highest BCUT2D eigenvalue weighted by molar-refractivity contribution is 5.81. The quantitative estimate of drug-likeness (QED) is 0.797. The van der Waals surface area contributed by atoms with Gasteiger partial charge >= 0.3 is 0 Å². The molecule has 1 saturated heterocycles. The maximum absolute atomic E-state index is 12.4. The fourth-order valence-corrected chi connectivity index (χ4v) is 2.57. The first-order valence-corrected chi connectivity index (χ1v) is 7.13. The SMILES string of the molecule is COC[C@@H](Cc1ccccc1)N(C)C(=O)[C@@H]1CCCO1. The Kier molecular flexibility index (Phi) is 5.56. The van der Waals surface area contributed by atoms with Crippen LogP contribution in [0, 0.1) is 0 Å². The van der Waals surface area contributed by atoms with Crippen molar-refractivity contribution in [1.82, 2.24) is 4.90 Å². The number of rotatable bonds is 6. The monoisotopic (exact) mass is 277 g/mol. The fourth-order valence-electron chi connectivity index (χ4n) is 2.57. The van der Waals surface area contributed by atoms with Gasteiger partial charge in [-0.05, 0) is 24.8 Å². The number of methoxy groups -OCH3 is 1. The molecule has 1 amide bonds. The molecule has 1 aromatic carbocycles. The molecule has 4 nitrogen and oxygen atoms in total. The first-order valence-electron chi connectivity index (χ1n) is 7.13. The maximum Gasteiger partial charge on any atom is 0.251 e. The Morgan fingerprint density at radius 1 is 1.45 bits per heavy atom. The summed E-state index contributed by atoms with van der Waals surface area (Å²) in [4.78, 5) is 14.2. The molecule has 0 spiro atoms. The summed E-state index contributed by atoms with van der Waals surface area (Å²) >= 11 is 0. The van der Waals surface area contributed by atoms with Crippen LogP contribution < -0.4 is 0 Å². The molecule has 1 aromatic rings. The van der Waals surface area contributed by atoms with Gasteiger partial charge in [0, 0.05) is 20.8 Å². The summed E-state index contributed by atoms with van der Waals surface area (Å²) in [5.41, 5.74) is 1.21. The van der Waals surface area contributed by atoms with Crippen molar-refractivity contribution in [2.75, 3.05) is 27.4 Å². The molecule has 0 bridgehead atoms. The third-order valence-electron chi connectivity index (χ3n) is 3.77. The van der Waals surface area contributed by atoms with Gasteiger partial charge in [0.05, 0.1) is 12.6 Å². The van der Waals surface area contributed by atoms with Crippen molar-refractivity contribution in [3.05, 3.63) is 35.9 Å². The molecule has 0 saturated carbocycles. The summed E-state index contributed by atoms with van der Waals surface area (Å²) in [6, 6.07) is 10.2. The van der Waals surface area contributed by atoms with Gasteiger partial charge in [0.1, 0.15) is 6.10 Å². The lowest BCUT2D eigenvalue weighted by atomic mass is 10.0. The van der Waals surface area contributed by atoms with E-state index in [9.17, 15) is 4.79 Å². The van der Waals surface area contributed by atoms with Crippen LogP contribution in [0.2, 0.25) is 0 Å². The van der Waals surface area contributed by atoms with Crippen LogP contribution in [-0.2, 0) is 20.7 Å². The van der Waals surface area contributed by atoms with Crippen LogP contribution in [0.15, 0.2) is 30.3 Å². The molecule has 1 aliphatic heterocycles. The van der Waals surface area contributed by atoms with Crippen molar-refractivity contribution < 1.29 is 14.3 Å². The average molecular weight is 277 g/mol. The molecule has 1 fully saturated rings.